The van der Waals surface area contributed by atoms with Gasteiger partial charge in [0.05, 0.1) is 0 Å². The van der Waals surface area contributed by atoms with E-state index in [1.807, 2.05) is 48.5 Å². The number of nitrogens with zero attached hydrogens (tertiary/aromatic N) is 2. The van der Waals surface area contributed by atoms with Gasteiger partial charge in [0.15, 0.2) is 4.84 Å². The Labute approximate surface area is 147 Å². The van der Waals surface area contributed by atoms with E-state index in [1.54, 1.807) is 0 Å². The first-order valence-electron chi connectivity index (χ1n) is 6.71. The first-order valence-corrected chi connectivity index (χ1v) is 7.96. The van der Waals surface area contributed by atoms with Crippen molar-refractivity contribution in [1.29, 1.82) is 0 Å². The first-order chi connectivity index (χ1) is 11.1. The van der Waals surface area contributed by atoms with Crippen LogP contribution in [0, 0.1) is 0 Å². The summed E-state index contributed by atoms with van der Waals surface area (Å²) in [5.41, 5.74) is 1.82. The van der Waals surface area contributed by atoms with Crippen LogP contribution in [0.5, 0.6) is 5.75 Å². The predicted octanol–water partition coefficient (Wildman–Crippen LogP) is 5.45. The van der Waals surface area contributed by atoms with Crippen LogP contribution in [-0.2, 0) is 6.61 Å². The number of rotatable bonds is 5. The highest BCUT2D eigenvalue weighted by atomic mass is 35.5. The van der Waals surface area contributed by atoms with E-state index in [0.717, 1.165) is 16.9 Å². The molecule has 1 heterocycles. The number of hydrogen-bond donors (Lipinski definition) is 0. The zero-order valence-corrected chi connectivity index (χ0v) is 14.0. The molecule has 7 heteroatoms. The summed E-state index contributed by atoms with van der Waals surface area (Å²) >= 11 is 17.2. The van der Waals surface area contributed by atoms with Gasteiger partial charge in [-0.25, -0.2) is 0 Å². The molecule has 118 valence electrons. The Bertz CT molecular complexity index is 771. The van der Waals surface area contributed by atoms with Crippen molar-refractivity contribution in [2.45, 2.75) is 11.4 Å². The lowest BCUT2D eigenvalue weighted by atomic mass is 10.2. The van der Waals surface area contributed by atoms with Crippen molar-refractivity contribution in [3.05, 3.63) is 65.0 Å². The maximum atomic E-state index is 5.85. The van der Waals surface area contributed by atoms with E-state index in [4.69, 9.17) is 44.1 Å². The molecule has 3 aromatic rings. The van der Waals surface area contributed by atoms with Crippen molar-refractivity contribution in [3.8, 4) is 17.1 Å². The Balaban J connectivity index is 1.65. The van der Waals surface area contributed by atoms with Gasteiger partial charge in [0.2, 0.25) is 5.82 Å². The average molecular weight is 370 g/mol. The van der Waals surface area contributed by atoms with E-state index in [2.05, 4.69) is 10.1 Å². The minimum absolute atomic E-state index is 0.173. The maximum Gasteiger partial charge on any atom is 0.260 e. The van der Waals surface area contributed by atoms with E-state index >= 15 is 0 Å². The maximum absolute atomic E-state index is 5.85. The smallest absolute Gasteiger partial charge is 0.260 e. The molecule has 0 spiro atoms. The molecule has 0 radical (unpaired) electrons. The Morgan fingerprint density at radius 1 is 1.00 bits per heavy atom. The zero-order valence-electron chi connectivity index (χ0n) is 11.7. The summed E-state index contributed by atoms with van der Waals surface area (Å²) < 4.78 is 10.7. The third-order valence-corrected chi connectivity index (χ3v) is 3.69. The Hall–Kier alpha value is -1.75. The van der Waals surface area contributed by atoms with Crippen LogP contribution < -0.4 is 4.74 Å². The van der Waals surface area contributed by atoms with Crippen LogP contribution in [0.15, 0.2) is 53.1 Å². The quantitative estimate of drug-likeness (QED) is 0.561. The SMILES string of the molecule is Clc1ccc(COc2ccc(-c3noc(C(Cl)Cl)n3)cc2)cc1. The minimum atomic E-state index is -0.835. The summed E-state index contributed by atoms with van der Waals surface area (Å²) in [6, 6.07) is 14.8. The molecule has 0 fully saturated rings. The van der Waals surface area contributed by atoms with Gasteiger partial charge in [-0.3, -0.25) is 0 Å². The molecule has 3 rings (SSSR count). The van der Waals surface area contributed by atoms with Crippen LogP contribution in [0.1, 0.15) is 16.3 Å². The highest BCUT2D eigenvalue weighted by molar-refractivity contribution is 6.43. The van der Waals surface area contributed by atoms with Gasteiger partial charge < -0.3 is 9.26 Å². The molecule has 0 unspecified atom stereocenters. The molecule has 0 amide bonds. The van der Waals surface area contributed by atoms with Crippen molar-refractivity contribution in [2.24, 2.45) is 0 Å². The molecule has 0 atom stereocenters. The number of aromatic nitrogens is 2. The Kier molecular flexibility index (Phi) is 5.06. The van der Waals surface area contributed by atoms with Crippen LogP contribution in [0.25, 0.3) is 11.4 Å². The molecule has 0 aliphatic carbocycles. The van der Waals surface area contributed by atoms with Crippen molar-refractivity contribution in [3.63, 3.8) is 0 Å². The fourth-order valence-corrected chi connectivity index (χ4v) is 2.19. The molecule has 4 nitrogen and oxygen atoms in total. The normalized spacial score (nSPS) is 11.0. The topological polar surface area (TPSA) is 48.2 Å². The van der Waals surface area contributed by atoms with Gasteiger partial charge in [-0.05, 0) is 42.0 Å². The van der Waals surface area contributed by atoms with E-state index < -0.39 is 4.84 Å². The molecule has 0 bridgehead atoms. The monoisotopic (exact) mass is 368 g/mol. The molecule has 0 saturated carbocycles. The lowest BCUT2D eigenvalue weighted by molar-refractivity contribution is 0.306. The van der Waals surface area contributed by atoms with Crippen LogP contribution in [0.3, 0.4) is 0 Å². The second-order valence-electron chi connectivity index (χ2n) is 4.70. The number of ether oxygens (including phenoxy) is 1. The first kappa shape index (κ1) is 16.1. The molecule has 0 aliphatic rings. The van der Waals surface area contributed by atoms with Gasteiger partial charge in [-0.1, -0.05) is 52.1 Å². The molecule has 0 aliphatic heterocycles. The molecular weight excluding hydrogens is 359 g/mol. The lowest BCUT2D eigenvalue weighted by Gasteiger charge is -2.06. The highest BCUT2D eigenvalue weighted by Gasteiger charge is 2.14. The van der Waals surface area contributed by atoms with Crippen LogP contribution in [-0.4, -0.2) is 10.1 Å². The second-order valence-corrected chi connectivity index (χ2v) is 6.23. The van der Waals surface area contributed by atoms with Crippen molar-refractivity contribution in [2.75, 3.05) is 0 Å². The lowest BCUT2D eigenvalue weighted by Crippen LogP contribution is -1.95. The predicted molar refractivity (Wildman–Crippen MR) is 90.0 cm³/mol. The summed E-state index contributed by atoms with van der Waals surface area (Å²) in [7, 11) is 0. The van der Waals surface area contributed by atoms with E-state index in [9.17, 15) is 0 Å². The zero-order chi connectivity index (χ0) is 16.2. The van der Waals surface area contributed by atoms with Crippen molar-refractivity contribution in [1.82, 2.24) is 10.1 Å². The van der Waals surface area contributed by atoms with Gasteiger partial charge in [0.1, 0.15) is 12.4 Å². The van der Waals surface area contributed by atoms with Gasteiger partial charge in [0.25, 0.3) is 5.89 Å². The van der Waals surface area contributed by atoms with Gasteiger partial charge in [-0.15, -0.1) is 0 Å². The molecule has 23 heavy (non-hydrogen) atoms. The standard InChI is InChI=1S/C16H11Cl3N2O2/c17-12-5-1-10(2-6-12)9-22-13-7-3-11(4-8-13)15-20-16(14(18)19)23-21-15/h1-8,14H,9H2. The third-order valence-electron chi connectivity index (χ3n) is 3.06. The molecule has 0 N–H and O–H groups in total. The van der Waals surface area contributed by atoms with E-state index in [-0.39, 0.29) is 5.89 Å². The number of alkyl halides is 2. The number of benzene rings is 2. The fourth-order valence-electron chi connectivity index (χ4n) is 1.89. The fraction of sp³-hybridized carbons (Fsp3) is 0.125. The van der Waals surface area contributed by atoms with Crippen LogP contribution >= 0.6 is 34.8 Å². The largest absolute Gasteiger partial charge is 0.489 e. The van der Waals surface area contributed by atoms with Gasteiger partial charge >= 0.3 is 0 Å². The molecular formula is C16H11Cl3N2O2. The van der Waals surface area contributed by atoms with Crippen LogP contribution in [0.2, 0.25) is 5.02 Å². The second kappa shape index (κ2) is 7.21. The van der Waals surface area contributed by atoms with Gasteiger partial charge in [-0.2, -0.15) is 4.98 Å². The Morgan fingerprint density at radius 2 is 1.70 bits per heavy atom. The van der Waals surface area contributed by atoms with Crippen molar-refractivity contribution < 1.29 is 9.26 Å². The summed E-state index contributed by atoms with van der Waals surface area (Å²) in [5, 5.41) is 4.53. The summed E-state index contributed by atoms with van der Waals surface area (Å²) in [5.74, 6) is 1.34. The van der Waals surface area contributed by atoms with E-state index in [1.165, 1.54) is 0 Å². The average Bonchev–Trinajstić information content (AvgIpc) is 3.05. The van der Waals surface area contributed by atoms with Crippen LogP contribution in [0.4, 0.5) is 0 Å². The molecule has 1 aromatic heterocycles. The molecule has 2 aromatic carbocycles. The molecule has 0 saturated heterocycles. The number of halogens is 3. The highest BCUT2D eigenvalue weighted by Crippen LogP contribution is 2.26. The minimum Gasteiger partial charge on any atom is -0.489 e. The summed E-state index contributed by atoms with van der Waals surface area (Å²) in [4.78, 5) is 3.28. The summed E-state index contributed by atoms with van der Waals surface area (Å²) in [6.45, 7) is 0.461. The summed E-state index contributed by atoms with van der Waals surface area (Å²) in [6.07, 6.45) is 0. The van der Waals surface area contributed by atoms with E-state index in [0.29, 0.717) is 17.5 Å². The Morgan fingerprint density at radius 3 is 2.30 bits per heavy atom. The van der Waals surface area contributed by atoms with Gasteiger partial charge in [0, 0.05) is 10.6 Å². The van der Waals surface area contributed by atoms with Crippen molar-refractivity contribution >= 4 is 34.8 Å². The third kappa shape index (κ3) is 4.16. The number of hydrogen-bond acceptors (Lipinski definition) is 4.